The van der Waals surface area contributed by atoms with Crippen molar-refractivity contribution in [2.75, 3.05) is 0 Å². The predicted molar refractivity (Wildman–Crippen MR) is 258 cm³/mol. The molecule has 61 heavy (non-hydrogen) atoms. The van der Waals surface area contributed by atoms with E-state index in [0.717, 1.165) is 50.4 Å². The maximum absolute atomic E-state index is 5.54. The van der Waals surface area contributed by atoms with Gasteiger partial charge in [0.05, 0.1) is 22.6 Å². The van der Waals surface area contributed by atoms with Gasteiger partial charge in [0, 0.05) is 47.8 Å². The minimum absolute atomic E-state index is 0.680. The number of hydrogen-bond donors (Lipinski definition) is 0. The fourth-order valence-corrected chi connectivity index (χ4v) is 10.1. The van der Waals surface area contributed by atoms with Crippen molar-refractivity contribution >= 4 is 64.0 Å². The molecule has 0 bridgehead atoms. The van der Waals surface area contributed by atoms with Crippen LogP contribution in [-0.2, 0) is 0 Å². The predicted octanol–water partition coefficient (Wildman–Crippen LogP) is 15.7. The van der Waals surface area contributed by atoms with E-state index in [1.54, 1.807) is 0 Å². The van der Waals surface area contributed by atoms with E-state index in [0.29, 0.717) is 5.82 Å². The molecule has 0 amide bonds. The highest BCUT2D eigenvalue weighted by atomic mass is 32.1. The van der Waals surface area contributed by atoms with Crippen molar-refractivity contribution in [1.29, 1.82) is 0 Å². The second-order valence-electron chi connectivity index (χ2n) is 15.5. The quantitative estimate of drug-likeness (QED) is 0.157. The van der Waals surface area contributed by atoms with Gasteiger partial charge in [0.1, 0.15) is 0 Å². The summed E-state index contributed by atoms with van der Waals surface area (Å²) in [5.74, 6) is 0.680. The normalized spacial score (nSPS) is 11.6. The first kappa shape index (κ1) is 35.2. The summed E-state index contributed by atoms with van der Waals surface area (Å²) in [6.07, 6.45) is 0. The van der Waals surface area contributed by atoms with Crippen molar-refractivity contribution in [1.82, 2.24) is 15.0 Å². The molecule has 0 atom stereocenters. The molecule has 9 aromatic carbocycles. The Morgan fingerprint density at radius 2 is 0.869 bits per heavy atom. The molecule has 0 saturated carbocycles. The van der Waals surface area contributed by atoms with Crippen LogP contribution in [0.3, 0.4) is 0 Å². The zero-order valence-corrected chi connectivity index (χ0v) is 33.8. The molecule has 0 aliphatic carbocycles. The van der Waals surface area contributed by atoms with Gasteiger partial charge in [-0.05, 0) is 68.1 Å². The van der Waals surface area contributed by atoms with Crippen LogP contribution in [0.15, 0.2) is 212 Å². The Morgan fingerprint density at radius 3 is 1.62 bits per heavy atom. The molecule has 284 valence electrons. The molecule has 0 aliphatic heterocycles. The maximum Gasteiger partial charge on any atom is 0.160 e. The lowest BCUT2D eigenvalue weighted by Gasteiger charge is -2.13. The summed E-state index contributed by atoms with van der Waals surface area (Å²) in [6, 6.07) is 75.5. The van der Waals surface area contributed by atoms with E-state index in [2.05, 4.69) is 200 Å². The molecule has 0 aliphatic rings. The van der Waals surface area contributed by atoms with Gasteiger partial charge >= 0.3 is 0 Å². The van der Waals surface area contributed by atoms with Crippen LogP contribution in [-0.4, -0.2) is 15.0 Å². The van der Waals surface area contributed by atoms with E-state index >= 15 is 0 Å². The van der Waals surface area contributed by atoms with E-state index in [1.165, 1.54) is 63.8 Å². The van der Waals surface area contributed by atoms with Gasteiger partial charge in [0.2, 0.25) is 0 Å². The van der Waals surface area contributed by atoms with Crippen LogP contribution in [0.2, 0.25) is 0 Å². The van der Waals surface area contributed by atoms with Gasteiger partial charge in [-0.15, -0.1) is 11.3 Å². The largest absolute Gasteiger partial charge is 0.247 e. The minimum Gasteiger partial charge on any atom is -0.247 e. The number of nitrogens with zero attached hydrogens (tertiary/aromatic N) is 3. The Hall–Kier alpha value is -7.79. The summed E-state index contributed by atoms with van der Waals surface area (Å²) in [5, 5.41) is 8.58. The number of benzene rings is 9. The lowest BCUT2D eigenvalue weighted by Crippen LogP contribution is -1.96. The van der Waals surface area contributed by atoms with Gasteiger partial charge in [-0.1, -0.05) is 188 Å². The number of aromatic nitrogens is 3. The van der Waals surface area contributed by atoms with Crippen molar-refractivity contribution in [2.24, 2.45) is 0 Å². The van der Waals surface area contributed by atoms with Gasteiger partial charge in [0.15, 0.2) is 5.82 Å². The first-order valence-corrected chi connectivity index (χ1v) is 21.4. The third-order valence-electron chi connectivity index (χ3n) is 11.9. The van der Waals surface area contributed by atoms with E-state index in [4.69, 9.17) is 15.0 Å². The van der Waals surface area contributed by atoms with Gasteiger partial charge in [-0.25, -0.2) is 15.0 Å². The Balaban J connectivity index is 0.992. The fourth-order valence-electron chi connectivity index (χ4n) is 8.85. The van der Waals surface area contributed by atoms with Crippen molar-refractivity contribution in [2.45, 2.75) is 0 Å². The Kier molecular flexibility index (Phi) is 8.36. The summed E-state index contributed by atoms with van der Waals surface area (Å²) in [5.41, 5.74) is 12.5. The highest BCUT2D eigenvalue weighted by Gasteiger charge is 2.19. The Morgan fingerprint density at radius 1 is 0.328 bits per heavy atom. The van der Waals surface area contributed by atoms with Gasteiger partial charge in [-0.2, -0.15) is 0 Å². The summed E-state index contributed by atoms with van der Waals surface area (Å²) in [4.78, 5) is 15.9. The molecular weight excluding hydrogens is 759 g/mol. The number of thiophene rings is 1. The SMILES string of the molecule is c1ccc(-c2ccc(-c3cc(-c4ccccc4)nc(-c4ccc(-c5nc6cc(-c7cc8ccccc8c8ccccc78)ccc6c6sc7ccccc7c56)cc4)n3)cc2)cc1. The molecule has 3 aromatic heterocycles. The maximum atomic E-state index is 5.54. The average molecular weight is 794 g/mol. The van der Waals surface area contributed by atoms with Crippen molar-refractivity contribution in [3.8, 4) is 67.4 Å². The molecule has 3 nitrogen and oxygen atoms in total. The van der Waals surface area contributed by atoms with E-state index in [1.807, 2.05) is 23.5 Å². The third-order valence-corrected chi connectivity index (χ3v) is 13.1. The van der Waals surface area contributed by atoms with Crippen LogP contribution in [0.1, 0.15) is 0 Å². The zero-order chi connectivity index (χ0) is 40.3. The molecule has 0 fully saturated rings. The number of hydrogen-bond acceptors (Lipinski definition) is 4. The topological polar surface area (TPSA) is 38.7 Å². The average Bonchev–Trinajstić information content (AvgIpc) is 3.74. The van der Waals surface area contributed by atoms with E-state index < -0.39 is 0 Å². The highest BCUT2D eigenvalue weighted by Crippen LogP contribution is 2.44. The lowest BCUT2D eigenvalue weighted by molar-refractivity contribution is 1.18. The monoisotopic (exact) mass is 793 g/mol. The molecule has 0 unspecified atom stereocenters. The molecule has 0 spiro atoms. The van der Waals surface area contributed by atoms with E-state index in [9.17, 15) is 0 Å². The van der Waals surface area contributed by atoms with Gasteiger partial charge < -0.3 is 0 Å². The van der Waals surface area contributed by atoms with Gasteiger partial charge in [0.25, 0.3) is 0 Å². The minimum atomic E-state index is 0.680. The fraction of sp³-hybridized carbons (Fsp3) is 0. The van der Waals surface area contributed by atoms with E-state index in [-0.39, 0.29) is 0 Å². The van der Waals surface area contributed by atoms with Crippen LogP contribution in [0, 0.1) is 0 Å². The molecular formula is C57H35N3S. The second-order valence-corrected chi connectivity index (χ2v) is 16.6. The summed E-state index contributed by atoms with van der Waals surface area (Å²) < 4.78 is 2.51. The zero-order valence-electron chi connectivity index (χ0n) is 33.0. The second kappa shape index (κ2) is 14.5. The lowest BCUT2D eigenvalue weighted by atomic mass is 9.92. The number of rotatable bonds is 6. The number of fused-ring (bicyclic) bond motifs is 8. The first-order chi connectivity index (χ1) is 30.2. The molecule has 4 heteroatoms. The first-order valence-electron chi connectivity index (χ1n) is 20.6. The van der Waals surface area contributed by atoms with Crippen LogP contribution >= 0.6 is 11.3 Å². The molecule has 0 N–H and O–H groups in total. The standard InChI is InChI=1S/C57H35N3S/c1-3-13-36(14-4-1)37-23-25-39(26-24-37)51-35-50(38-15-5-2-6-16-38)59-57(60-51)41-29-27-40(28-30-41)55-54-48-21-11-12-22-53(48)61-56(54)47-32-31-43(34-52(47)58-55)49-33-42-17-7-8-18-44(42)45-19-9-10-20-46(45)49/h1-35H. The molecule has 0 saturated heterocycles. The van der Waals surface area contributed by atoms with Crippen LogP contribution < -0.4 is 0 Å². The van der Waals surface area contributed by atoms with Crippen LogP contribution in [0.25, 0.3) is 120 Å². The van der Waals surface area contributed by atoms with Crippen LogP contribution in [0.4, 0.5) is 0 Å². The molecule has 12 rings (SSSR count). The molecule has 3 heterocycles. The molecule has 12 aromatic rings. The smallest absolute Gasteiger partial charge is 0.160 e. The van der Waals surface area contributed by atoms with Crippen molar-refractivity contribution in [3.63, 3.8) is 0 Å². The molecule has 0 radical (unpaired) electrons. The van der Waals surface area contributed by atoms with Crippen molar-refractivity contribution in [3.05, 3.63) is 212 Å². The van der Waals surface area contributed by atoms with Crippen LogP contribution in [0.5, 0.6) is 0 Å². The third kappa shape index (κ3) is 6.16. The Bertz CT molecular complexity index is 3610. The number of pyridine rings is 1. The van der Waals surface area contributed by atoms with Gasteiger partial charge in [-0.3, -0.25) is 0 Å². The summed E-state index contributed by atoms with van der Waals surface area (Å²) in [6.45, 7) is 0. The Labute approximate surface area is 356 Å². The summed E-state index contributed by atoms with van der Waals surface area (Å²) in [7, 11) is 0. The highest BCUT2D eigenvalue weighted by molar-refractivity contribution is 7.26. The summed E-state index contributed by atoms with van der Waals surface area (Å²) >= 11 is 1.84. The van der Waals surface area contributed by atoms with Crippen molar-refractivity contribution < 1.29 is 0 Å².